The summed E-state index contributed by atoms with van der Waals surface area (Å²) in [6, 6.07) is 3.98. The summed E-state index contributed by atoms with van der Waals surface area (Å²) in [5.41, 5.74) is 1.27. The number of rotatable bonds is 3. The van der Waals surface area contributed by atoms with Crippen molar-refractivity contribution in [2.24, 2.45) is 0 Å². The van der Waals surface area contributed by atoms with Crippen LogP contribution in [0.3, 0.4) is 0 Å². The number of hydrogen-bond donors (Lipinski definition) is 0. The van der Waals surface area contributed by atoms with E-state index in [0.717, 1.165) is 30.8 Å². The summed E-state index contributed by atoms with van der Waals surface area (Å²) in [6.45, 7) is 1.95. The van der Waals surface area contributed by atoms with E-state index in [-0.39, 0.29) is 5.78 Å². The molecule has 0 radical (unpaired) electrons. The third-order valence-electron chi connectivity index (χ3n) is 2.55. The third-order valence-corrected chi connectivity index (χ3v) is 2.55. The van der Waals surface area contributed by atoms with Crippen LogP contribution in [0.2, 0.25) is 0 Å². The van der Waals surface area contributed by atoms with Gasteiger partial charge in [-0.1, -0.05) is 5.57 Å². The van der Waals surface area contributed by atoms with Crippen LogP contribution in [-0.4, -0.2) is 5.78 Å². The molecule has 0 saturated carbocycles. The highest BCUT2D eigenvalue weighted by Gasteiger charge is 2.11. The van der Waals surface area contributed by atoms with Crippen molar-refractivity contribution >= 4 is 5.78 Å². The zero-order chi connectivity index (χ0) is 9.97. The van der Waals surface area contributed by atoms with Crippen LogP contribution in [0.5, 0.6) is 0 Å². The lowest BCUT2D eigenvalue weighted by atomic mass is 10.1. The Labute approximate surface area is 83.6 Å². The molecule has 14 heavy (non-hydrogen) atoms. The molecule has 0 unspecified atom stereocenters. The molecule has 0 aromatic carbocycles. The Hall–Kier alpha value is -1.31. The minimum atomic E-state index is 0.274. The number of hydrogen-bond acceptors (Lipinski definition) is 2. The molecule has 2 heteroatoms. The van der Waals surface area contributed by atoms with Crippen molar-refractivity contribution in [3.8, 4) is 0 Å². The first-order chi connectivity index (χ1) is 6.74. The van der Waals surface area contributed by atoms with Gasteiger partial charge in [0.15, 0.2) is 5.78 Å². The van der Waals surface area contributed by atoms with E-state index >= 15 is 0 Å². The average Bonchev–Trinajstić information content (AvgIpc) is 2.72. The molecule has 0 atom stereocenters. The Bertz CT molecular complexity index is 371. The van der Waals surface area contributed by atoms with Crippen LogP contribution < -0.4 is 0 Å². The smallest absolute Gasteiger partial charge is 0.155 e. The summed E-state index contributed by atoms with van der Waals surface area (Å²) < 4.78 is 5.46. The first kappa shape index (κ1) is 9.25. The van der Waals surface area contributed by atoms with Gasteiger partial charge in [0.25, 0.3) is 0 Å². The predicted molar refractivity (Wildman–Crippen MR) is 54.1 cm³/mol. The lowest BCUT2D eigenvalue weighted by Gasteiger charge is -1.97. The van der Waals surface area contributed by atoms with Crippen molar-refractivity contribution in [3.63, 3.8) is 0 Å². The molecule has 0 saturated heterocycles. The number of allylic oxidation sites excluding steroid dienone is 2. The zero-order valence-corrected chi connectivity index (χ0v) is 8.38. The first-order valence-electron chi connectivity index (χ1n) is 5.01. The first-order valence-corrected chi connectivity index (χ1v) is 5.01. The highest BCUT2D eigenvalue weighted by molar-refractivity contribution is 5.92. The van der Waals surface area contributed by atoms with E-state index in [1.807, 2.05) is 19.1 Å². The van der Waals surface area contributed by atoms with Crippen LogP contribution in [0.15, 0.2) is 28.2 Å². The van der Waals surface area contributed by atoms with E-state index in [9.17, 15) is 4.79 Å². The molecule has 0 aliphatic heterocycles. The van der Waals surface area contributed by atoms with Gasteiger partial charge in [0.1, 0.15) is 11.5 Å². The van der Waals surface area contributed by atoms with Gasteiger partial charge in [0.2, 0.25) is 0 Å². The Morgan fingerprint density at radius 1 is 1.29 bits per heavy atom. The summed E-state index contributed by atoms with van der Waals surface area (Å²) in [6.07, 6.45) is 5.30. The fourth-order valence-corrected chi connectivity index (χ4v) is 1.76. The lowest BCUT2D eigenvalue weighted by molar-refractivity contribution is -0.114. The quantitative estimate of drug-likeness (QED) is 0.733. The predicted octanol–water partition coefficient (Wildman–Crippen LogP) is 2.81. The number of carbonyl (C=O) groups excluding carboxylic acids is 1. The lowest BCUT2D eigenvalue weighted by Crippen LogP contribution is -1.84. The fourth-order valence-electron chi connectivity index (χ4n) is 1.76. The van der Waals surface area contributed by atoms with Gasteiger partial charge in [-0.05, 0) is 38.0 Å². The second kappa shape index (κ2) is 3.82. The number of carbonyl (C=O) groups is 1. The number of ketones is 1. The van der Waals surface area contributed by atoms with Crippen LogP contribution in [0.1, 0.15) is 30.8 Å². The van der Waals surface area contributed by atoms with Crippen molar-refractivity contribution in [1.29, 1.82) is 0 Å². The molecule has 0 bridgehead atoms. The van der Waals surface area contributed by atoms with Gasteiger partial charge in [-0.3, -0.25) is 4.79 Å². The van der Waals surface area contributed by atoms with E-state index in [1.54, 1.807) is 6.08 Å². The normalized spacial score (nSPS) is 16.1. The second-order valence-corrected chi connectivity index (χ2v) is 3.78. The van der Waals surface area contributed by atoms with Gasteiger partial charge in [0.05, 0.1) is 0 Å². The van der Waals surface area contributed by atoms with Crippen LogP contribution >= 0.6 is 0 Å². The monoisotopic (exact) mass is 190 g/mol. The van der Waals surface area contributed by atoms with E-state index in [1.165, 1.54) is 5.57 Å². The van der Waals surface area contributed by atoms with Crippen molar-refractivity contribution in [3.05, 3.63) is 35.3 Å². The van der Waals surface area contributed by atoms with Crippen LogP contribution in [0, 0.1) is 6.92 Å². The van der Waals surface area contributed by atoms with Gasteiger partial charge in [0, 0.05) is 12.8 Å². The molecule has 0 spiro atoms. The van der Waals surface area contributed by atoms with Crippen molar-refractivity contribution in [2.75, 3.05) is 0 Å². The van der Waals surface area contributed by atoms with Crippen molar-refractivity contribution in [2.45, 2.75) is 32.6 Å². The summed E-state index contributed by atoms with van der Waals surface area (Å²) in [5, 5.41) is 0. The third kappa shape index (κ3) is 2.13. The zero-order valence-electron chi connectivity index (χ0n) is 8.38. The summed E-state index contributed by atoms with van der Waals surface area (Å²) >= 11 is 0. The van der Waals surface area contributed by atoms with E-state index < -0.39 is 0 Å². The van der Waals surface area contributed by atoms with E-state index in [0.29, 0.717) is 6.42 Å². The molecule has 0 fully saturated rings. The second-order valence-electron chi connectivity index (χ2n) is 3.78. The molecule has 74 valence electrons. The summed E-state index contributed by atoms with van der Waals surface area (Å²) in [4.78, 5) is 11.0. The highest BCUT2D eigenvalue weighted by Crippen LogP contribution is 2.20. The van der Waals surface area contributed by atoms with E-state index in [2.05, 4.69) is 0 Å². The fraction of sp³-hybridized carbons (Fsp3) is 0.417. The minimum Gasteiger partial charge on any atom is -0.466 e. The topological polar surface area (TPSA) is 30.2 Å². The van der Waals surface area contributed by atoms with E-state index in [4.69, 9.17) is 4.42 Å². The van der Waals surface area contributed by atoms with Gasteiger partial charge in [-0.25, -0.2) is 0 Å². The Morgan fingerprint density at radius 2 is 2.14 bits per heavy atom. The number of furan rings is 1. The molecule has 1 aliphatic rings. The molecular weight excluding hydrogens is 176 g/mol. The SMILES string of the molecule is Cc1ccc(CCC2=CC(=O)CC2)o1. The molecule has 0 N–H and O–H groups in total. The maximum atomic E-state index is 11.0. The molecule has 0 amide bonds. The maximum Gasteiger partial charge on any atom is 0.155 e. The van der Waals surface area contributed by atoms with Gasteiger partial charge >= 0.3 is 0 Å². The standard InChI is InChI=1S/C12H14O2/c1-9-2-6-12(14-9)7-4-10-3-5-11(13)8-10/h2,6,8H,3-5,7H2,1H3. The minimum absolute atomic E-state index is 0.274. The average molecular weight is 190 g/mol. The molecule has 1 aliphatic carbocycles. The largest absolute Gasteiger partial charge is 0.466 e. The molecule has 2 nitrogen and oxygen atoms in total. The van der Waals surface area contributed by atoms with Crippen molar-refractivity contribution in [1.82, 2.24) is 0 Å². The van der Waals surface area contributed by atoms with Gasteiger partial charge in [-0.2, -0.15) is 0 Å². The van der Waals surface area contributed by atoms with Crippen molar-refractivity contribution < 1.29 is 9.21 Å². The van der Waals surface area contributed by atoms with Gasteiger partial charge < -0.3 is 4.42 Å². The summed E-state index contributed by atoms with van der Waals surface area (Å²) in [5.74, 6) is 2.25. The highest BCUT2D eigenvalue weighted by atomic mass is 16.3. The molecule has 1 aromatic rings. The Kier molecular flexibility index (Phi) is 2.53. The van der Waals surface area contributed by atoms with Crippen LogP contribution in [0.4, 0.5) is 0 Å². The summed E-state index contributed by atoms with van der Waals surface area (Å²) in [7, 11) is 0. The Balaban J connectivity index is 1.89. The maximum absolute atomic E-state index is 11.0. The van der Waals surface area contributed by atoms with Gasteiger partial charge in [-0.15, -0.1) is 0 Å². The molecule has 1 aromatic heterocycles. The Morgan fingerprint density at radius 3 is 2.71 bits per heavy atom. The molecule has 2 rings (SSSR count). The van der Waals surface area contributed by atoms with Crippen LogP contribution in [-0.2, 0) is 11.2 Å². The molecule has 1 heterocycles. The number of aryl methyl sites for hydroxylation is 2. The molecular formula is C12H14O2. The van der Waals surface area contributed by atoms with Crippen LogP contribution in [0.25, 0.3) is 0 Å².